The number of likely N-dealkylation sites (tertiary alicyclic amines) is 1. The fraction of sp³-hybridized carbons (Fsp3) is 0.560. The molecule has 7 nitrogen and oxygen atoms in total. The summed E-state index contributed by atoms with van der Waals surface area (Å²) in [5.74, 6) is -0.546. The Balaban J connectivity index is 1.85. The average molecular weight is 444 g/mol. The molecule has 3 rings (SSSR count). The van der Waals surface area contributed by atoms with Gasteiger partial charge in [0.1, 0.15) is 16.8 Å². The second-order valence-electron chi connectivity index (χ2n) is 10.4. The number of furan rings is 1. The van der Waals surface area contributed by atoms with E-state index in [2.05, 4.69) is 0 Å². The maximum absolute atomic E-state index is 13.2. The van der Waals surface area contributed by atoms with Crippen molar-refractivity contribution < 1.29 is 28.3 Å². The van der Waals surface area contributed by atoms with Gasteiger partial charge < -0.3 is 18.8 Å². The van der Waals surface area contributed by atoms with Crippen molar-refractivity contribution in [2.75, 3.05) is 13.1 Å². The van der Waals surface area contributed by atoms with Crippen LogP contribution in [-0.2, 0) is 20.7 Å². The van der Waals surface area contributed by atoms with Crippen LogP contribution in [0.15, 0.2) is 28.7 Å². The third-order valence-corrected chi connectivity index (χ3v) is 5.38. The molecule has 0 radical (unpaired) electrons. The van der Waals surface area contributed by atoms with E-state index in [4.69, 9.17) is 13.9 Å². The Morgan fingerprint density at radius 2 is 1.84 bits per heavy atom. The van der Waals surface area contributed by atoms with Crippen LogP contribution in [0.2, 0.25) is 0 Å². The van der Waals surface area contributed by atoms with Crippen LogP contribution in [0.5, 0.6) is 0 Å². The number of carbonyl (C=O) groups is 3. The standard InChI is InChI=1S/C25H33NO6/c1-24(2,3)31-22(28)20(17-10-11-26(14-17)23(29)32-25(4,5)6)12-16-8-7-9-21-19(16)13-18(15-27)30-21/h7-9,13,15,17,20H,10-12,14H2,1-6H3/t17-,20?/m0/s1. The molecule has 1 aromatic carbocycles. The predicted octanol–water partition coefficient (Wildman–Crippen LogP) is 5.00. The van der Waals surface area contributed by atoms with Gasteiger partial charge in [0.25, 0.3) is 0 Å². The van der Waals surface area contributed by atoms with Crippen molar-refractivity contribution in [3.8, 4) is 0 Å². The van der Waals surface area contributed by atoms with E-state index in [1.54, 1.807) is 17.0 Å². The number of esters is 1. The number of benzene rings is 1. The van der Waals surface area contributed by atoms with Crippen LogP contribution in [0.25, 0.3) is 11.0 Å². The Morgan fingerprint density at radius 1 is 1.16 bits per heavy atom. The summed E-state index contributed by atoms with van der Waals surface area (Å²) in [5, 5.41) is 0.810. The molecule has 1 fully saturated rings. The molecule has 1 aliphatic rings. The molecule has 1 aromatic heterocycles. The Kier molecular flexibility index (Phi) is 6.67. The number of nitrogens with zero attached hydrogens (tertiary/aromatic N) is 1. The van der Waals surface area contributed by atoms with Crippen molar-refractivity contribution in [2.45, 2.75) is 65.6 Å². The average Bonchev–Trinajstić information content (AvgIpc) is 3.30. The molecule has 2 atom stereocenters. The second-order valence-corrected chi connectivity index (χ2v) is 10.4. The quantitative estimate of drug-likeness (QED) is 0.477. The van der Waals surface area contributed by atoms with Gasteiger partial charge in [-0.25, -0.2) is 4.79 Å². The van der Waals surface area contributed by atoms with Gasteiger partial charge in [0.05, 0.1) is 5.92 Å². The summed E-state index contributed by atoms with van der Waals surface area (Å²) in [4.78, 5) is 38.6. The molecule has 7 heteroatoms. The van der Waals surface area contributed by atoms with Crippen molar-refractivity contribution in [3.63, 3.8) is 0 Å². The topological polar surface area (TPSA) is 86.0 Å². The summed E-state index contributed by atoms with van der Waals surface area (Å²) >= 11 is 0. The molecular formula is C25H33NO6. The monoisotopic (exact) mass is 443 g/mol. The maximum Gasteiger partial charge on any atom is 0.410 e. The first-order valence-corrected chi connectivity index (χ1v) is 11.0. The van der Waals surface area contributed by atoms with E-state index in [-0.39, 0.29) is 23.7 Å². The van der Waals surface area contributed by atoms with Crippen molar-refractivity contribution in [2.24, 2.45) is 11.8 Å². The van der Waals surface area contributed by atoms with E-state index in [0.717, 1.165) is 10.9 Å². The molecule has 2 aromatic rings. The first-order chi connectivity index (χ1) is 14.9. The molecule has 32 heavy (non-hydrogen) atoms. The summed E-state index contributed by atoms with van der Waals surface area (Å²) < 4.78 is 16.8. The molecular weight excluding hydrogens is 410 g/mol. The molecule has 1 unspecified atom stereocenters. The Bertz CT molecular complexity index is 994. The van der Waals surface area contributed by atoms with Gasteiger partial charge in [0.15, 0.2) is 12.0 Å². The fourth-order valence-electron chi connectivity index (χ4n) is 4.04. The van der Waals surface area contributed by atoms with Gasteiger partial charge in [-0.2, -0.15) is 0 Å². The van der Waals surface area contributed by atoms with Gasteiger partial charge in [-0.15, -0.1) is 0 Å². The Morgan fingerprint density at radius 3 is 2.47 bits per heavy atom. The summed E-state index contributed by atoms with van der Waals surface area (Å²) in [6.07, 6.45) is 1.42. The van der Waals surface area contributed by atoms with Gasteiger partial charge in [-0.3, -0.25) is 9.59 Å². The van der Waals surface area contributed by atoms with Crippen LogP contribution >= 0.6 is 0 Å². The minimum atomic E-state index is -0.620. The zero-order valence-electron chi connectivity index (χ0n) is 19.8. The number of fused-ring (bicyclic) bond motifs is 1. The first kappa shape index (κ1) is 23.8. The van der Waals surface area contributed by atoms with Crippen LogP contribution in [0.4, 0.5) is 4.79 Å². The summed E-state index contributed by atoms with van der Waals surface area (Å²) in [6, 6.07) is 7.29. The SMILES string of the molecule is CC(C)(C)OC(=O)C(Cc1cccc2oc(C=O)cc12)[C@H]1CCN(C(=O)OC(C)(C)C)C1. The van der Waals surface area contributed by atoms with Gasteiger partial charge in [0, 0.05) is 18.5 Å². The number of aldehydes is 1. The normalized spacial score (nSPS) is 17.9. The highest BCUT2D eigenvalue weighted by Crippen LogP contribution is 2.33. The summed E-state index contributed by atoms with van der Waals surface area (Å²) in [5.41, 5.74) is 0.318. The zero-order chi connectivity index (χ0) is 23.7. The van der Waals surface area contributed by atoms with Crippen LogP contribution in [0, 0.1) is 11.8 Å². The van der Waals surface area contributed by atoms with E-state index >= 15 is 0 Å². The largest absolute Gasteiger partial charge is 0.460 e. The van der Waals surface area contributed by atoms with Gasteiger partial charge in [0.2, 0.25) is 0 Å². The van der Waals surface area contributed by atoms with Crippen LogP contribution in [-0.4, -0.2) is 47.5 Å². The lowest BCUT2D eigenvalue weighted by Gasteiger charge is -2.28. The molecule has 0 spiro atoms. The summed E-state index contributed by atoms with van der Waals surface area (Å²) in [7, 11) is 0. The number of ether oxygens (including phenoxy) is 2. The minimum absolute atomic E-state index is 0.0648. The lowest BCUT2D eigenvalue weighted by atomic mass is 9.85. The lowest BCUT2D eigenvalue weighted by molar-refractivity contribution is -0.161. The van der Waals surface area contributed by atoms with E-state index < -0.39 is 17.1 Å². The van der Waals surface area contributed by atoms with E-state index in [0.29, 0.717) is 37.8 Å². The van der Waals surface area contributed by atoms with Gasteiger partial charge in [-0.1, -0.05) is 12.1 Å². The molecule has 1 aliphatic heterocycles. The van der Waals surface area contributed by atoms with Crippen molar-refractivity contribution >= 4 is 29.3 Å². The van der Waals surface area contributed by atoms with Crippen LogP contribution in [0.3, 0.4) is 0 Å². The molecule has 0 bridgehead atoms. The molecule has 1 amide bonds. The van der Waals surface area contributed by atoms with Crippen molar-refractivity contribution in [1.82, 2.24) is 4.90 Å². The highest BCUT2D eigenvalue weighted by molar-refractivity contribution is 5.88. The zero-order valence-corrected chi connectivity index (χ0v) is 19.8. The number of amides is 1. The van der Waals surface area contributed by atoms with E-state index in [9.17, 15) is 14.4 Å². The third kappa shape index (κ3) is 5.90. The number of carbonyl (C=O) groups excluding carboxylic acids is 3. The number of hydrogen-bond donors (Lipinski definition) is 0. The number of rotatable bonds is 5. The predicted molar refractivity (Wildman–Crippen MR) is 121 cm³/mol. The molecule has 0 aliphatic carbocycles. The molecule has 0 saturated carbocycles. The lowest BCUT2D eigenvalue weighted by Crippen LogP contribution is -2.38. The Hall–Kier alpha value is -2.83. The molecule has 2 heterocycles. The fourth-order valence-corrected chi connectivity index (χ4v) is 4.04. The van der Waals surface area contributed by atoms with E-state index in [1.807, 2.05) is 53.7 Å². The van der Waals surface area contributed by atoms with Crippen LogP contribution < -0.4 is 0 Å². The smallest absolute Gasteiger partial charge is 0.410 e. The first-order valence-electron chi connectivity index (χ1n) is 11.0. The maximum atomic E-state index is 13.2. The highest BCUT2D eigenvalue weighted by Gasteiger charge is 2.39. The molecule has 174 valence electrons. The van der Waals surface area contributed by atoms with Gasteiger partial charge in [-0.05, 0) is 78.0 Å². The number of hydrogen-bond acceptors (Lipinski definition) is 6. The van der Waals surface area contributed by atoms with Crippen molar-refractivity contribution in [3.05, 3.63) is 35.6 Å². The third-order valence-electron chi connectivity index (χ3n) is 5.38. The minimum Gasteiger partial charge on any atom is -0.460 e. The van der Waals surface area contributed by atoms with Crippen LogP contribution in [0.1, 0.15) is 64.1 Å². The van der Waals surface area contributed by atoms with Crippen molar-refractivity contribution in [1.29, 1.82) is 0 Å². The summed E-state index contributed by atoms with van der Waals surface area (Å²) in [6.45, 7) is 12.0. The van der Waals surface area contributed by atoms with E-state index in [1.165, 1.54) is 0 Å². The van der Waals surface area contributed by atoms with Gasteiger partial charge >= 0.3 is 12.1 Å². The second kappa shape index (κ2) is 8.96. The molecule has 1 saturated heterocycles. The Labute approximate surface area is 189 Å². The highest BCUT2D eigenvalue weighted by atomic mass is 16.6. The molecule has 0 N–H and O–H groups in total.